The van der Waals surface area contributed by atoms with Gasteiger partial charge in [0.2, 0.25) is 0 Å². The number of hydrogen-bond donors (Lipinski definition) is 0. The van der Waals surface area contributed by atoms with Crippen molar-refractivity contribution < 1.29 is 0 Å². The zero-order valence-electron chi connectivity index (χ0n) is 16.0. The Morgan fingerprint density at radius 3 is 2.33 bits per heavy atom. The topological polar surface area (TPSA) is 30.2 Å². The molecule has 3 heteroatoms. The Bertz CT molecular complexity index is 854. The van der Waals surface area contributed by atoms with Crippen LogP contribution in [0.5, 0.6) is 0 Å². The van der Waals surface area contributed by atoms with Crippen LogP contribution in [0.1, 0.15) is 51.6 Å². The number of allylic oxidation sites excluding steroid dienone is 3. The fraction of sp³-hybridized carbons (Fsp3) is 0.333. The Morgan fingerprint density at radius 1 is 1.08 bits per heavy atom. The summed E-state index contributed by atoms with van der Waals surface area (Å²) < 4.78 is 2.05. The first-order valence-corrected chi connectivity index (χ1v) is 8.69. The van der Waals surface area contributed by atoms with Gasteiger partial charge in [-0.25, -0.2) is 9.97 Å². The van der Waals surface area contributed by atoms with Gasteiger partial charge in [-0.05, 0) is 50.1 Å². The van der Waals surface area contributed by atoms with Gasteiger partial charge >= 0.3 is 0 Å². The van der Waals surface area contributed by atoms with E-state index in [9.17, 15) is 0 Å². The lowest BCUT2D eigenvalue weighted by Gasteiger charge is -2.05. The van der Waals surface area contributed by atoms with E-state index in [1.807, 2.05) is 66.0 Å². The van der Waals surface area contributed by atoms with Crippen LogP contribution in [0.15, 0.2) is 43.1 Å². The van der Waals surface area contributed by atoms with Crippen LogP contribution in [-0.2, 0) is 0 Å². The number of hydrogen-bond acceptors (Lipinski definition) is 2. The summed E-state index contributed by atoms with van der Waals surface area (Å²) in [7, 11) is 0. The molecule has 0 bridgehead atoms. The molecule has 3 nitrogen and oxygen atoms in total. The molecule has 128 valence electrons. The molecule has 0 aliphatic rings. The summed E-state index contributed by atoms with van der Waals surface area (Å²) in [4.78, 5) is 9.31. The van der Waals surface area contributed by atoms with Crippen LogP contribution in [0.4, 0.5) is 0 Å². The van der Waals surface area contributed by atoms with E-state index in [1.54, 1.807) is 0 Å². The minimum atomic E-state index is 0.909. The minimum Gasteiger partial charge on any atom is -0.283 e. The third kappa shape index (κ3) is 3.73. The maximum atomic E-state index is 4.67. The van der Waals surface area contributed by atoms with Crippen molar-refractivity contribution in [3.05, 3.63) is 60.1 Å². The van der Waals surface area contributed by atoms with Gasteiger partial charge in [0.05, 0.1) is 5.69 Å². The number of aryl methyl sites for hydroxylation is 2. The molecule has 24 heavy (non-hydrogen) atoms. The summed E-state index contributed by atoms with van der Waals surface area (Å²) in [6.45, 7) is 18.0. The van der Waals surface area contributed by atoms with Gasteiger partial charge in [-0.15, -0.1) is 0 Å². The van der Waals surface area contributed by atoms with Crippen molar-refractivity contribution in [3.63, 3.8) is 0 Å². The molecule has 0 saturated carbocycles. The normalized spacial score (nSPS) is 10.7. The maximum Gasteiger partial charge on any atom is 0.146 e. The molecular formula is C21H29N3. The number of pyridine rings is 2. The maximum absolute atomic E-state index is 4.67. The van der Waals surface area contributed by atoms with Crippen LogP contribution in [0.3, 0.4) is 0 Å². The zero-order chi connectivity index (χ0) is 18.3. The molecule has 3 aromatic rings. The van der Waals surface area contributed by atoms with Gasteiger partial charge in [0.1, 0.15) is 11.3 Å². The van der Waals surface area contributed by atoms with Crippen molar-refractivity contribution in [1.29, 1.82) is 0 Å². The predicted octanol–water partition coefficient (Wildman–Crippen LogP) is 6.14. The molecule has 0 fully saturated rings. The number of rotatable bonds is 2. The van der Waals surface area contributed by atoms with Crippen molar-refractivity contribution in [2.24, 2.45) is 0 Å². The Balaban J connectivity index is 0.000000671. The monoisotopic (exact) mass is 323 g/mol. The number of imidazole rings is 1. The minimum absolute atomic E-state index is 0.909. The highest BCUT2D eigenvalue weighted by atomic mass is 15.0. The van der Waals surface area contributed by atoms with Crippen molar-refractivity contribution in [2.45, 2.75) is 48.5 Å². The lowest BCUT2D eigenvalue weighted by atomic mass is 10.1. The molecule has 3 heterocycles. The molecule has 3 aromatic heterocycles. The summed E-state index contributed by atoms with van der Waals surface area (Å²) in [6, 6.07) is 6.23. The van der Waals surface area contributed by atoms with E-state index in [0.29, 0.717) is 0 Å². The predicted molar refractivity (Wildman–Crippen MR) is 107 cm³/mol. The van der Waals surface area contributed by atoms with Gasteiger partial charge in [-0.2, -0.15) is 0 Å². The zero-order valence-corrected chi connectivity index (χ0v) is 16.0. The van der Waals surface area contributed by atoms with Crippen LogP contribution in [0, 0.1) is 13.8 Å². The van der Waals surface area contributed by atoms with Crippen LogP contribution in [-0.4, -0.2) is 14.4 Å². The van der Waals surface area contributed by atoms with Crippen molar-refractivity contribution in [2.75, 3.05) is 0 Å². The van der Waals surface area contributed by atoms with Crippen LogP contribution < -0.4 is 0 Å². The van der Waals surface area contributed by atoms with E-state index >= 15 is 0 Å². The second-order valence-electron chi connectivity index (χ2n) is 4.95. The van der Waals surface area contributed by atoms with Gasteiger partial charge in [0.25, 0.3) is 0 Å². The highest BCUT2D eigenvalue weighted by Crippen LogP contribution is 2.22. The highest BCUT2D eigenvalue weighted by molar-refractivity contribution is 5.83. The van der Waals surface area contributed by atoms with E-state index in [2.05, 4.69) is 40.0 Å². The van der Waals surface area contributed by atoms with E-state index in [4.69, 9.17) is 0 Å². The van der Waals surface area contributed by atoms with Gasteiger partial charge in [-0.3, -0.25) is 4.40 Å². The van der Waals surface area contributed by atoms with Crippen LogP contribution in [0.25, 0.3) is 22.3 Å². The summed E-state index contributed by atoms with van der Waals surface area (Å²) in [5.41, 5.74) is 6.08. The molecule has 0 aliphatic carbocycles. The Labute approximate surface area is 145 Å². The van der Waals surface area contributed by atoms with Crippen molar-refractivity contribution in [3.8, 4) is 0 Å². The first-order valence-electron chi connectivity index (χ1n) is 8.69. The quantitative estimate of drug-likeness (QED) is 0.530. The van der Waals surface area contributed by atoms with E-state index < -0.39 is 0 Å². The molecule has 0 atom stereocenters. The van der Waals surface area contributed by atoms with Gasteiger partial charge in [0, 0.05) is 17.3 Å². The van der Waals surface area contributed by atoms with Crippen LogP contribution >= 0.6 is 0 Å². The second kappa shape index (κ2) is 9.02. The molecule has 0 radical (unpaired) electrons. The number of nitrogens with zero attached hydrogens (tertiary/aromatic N) is 3. The van der Waals surface area contributed by atoms with Crippen molar-refractivity contribution >= 4 is 22.3 Å². The van der Waals surface area contributed by atoms with Gasteiger partial charge in [-0.1, -0.05) is 46.4 Å². The Morgan fingerprint density at radius 2 is 1.75 bits per heavy atom. The first-order chi connectivity index (χ1) is 11.6. The van der Waals surface area contributed by atoms with E-state index in [0.717, 1.165) is 33.6 Å². The van der Waals surface area contributed by atoms with Gasteiger partial charge in [0.15, 0.2) is 0 Å². The summed E-state index contributed by atoms with van der Waals surface area (Å²) >= 11 is 0. The fourth-order valence-corrected chi connectivity index (χ4v) is 2.57. The number of aromatic nitrogens is 3. The average molecular weight is 323 g/mol. The third-order valence-electron chi connectivity index (χ3n) is 3.56. The lowest BCUT2D eigenvalue weighted by molar-refractivity contribution is 1.14. The Hall–Kier alpha value is -2.42. The molecular weight excluding hydrogens is 294 g/mol. The Kier molecular flexibility index (Phi) is 7.37. The molecule has 0 spiro atoms. The second-order valence-corrected chi connectivity index (χ2v) is 4.95. The molecule has 0 N–H and O–H groups in total. The molecule has 3 rings (SSSR count). The van der Waals surface area contributed by atoms with Crippen LogP contribution in [0.2, 0.25) is 0 Å². The molecule has 0 aliphatic heterocycles. The van der Waals surface area contributed by atoms with Gasteiger partial charge < -0.3 is 0 Å². The van der Waals surface area contributed by atoms with E-state index in [-0.39, 0.29) is 0 Å². The highest BCUT2D eigenvalue weighted by Gasteiger charge is 2.09. The summed E-state index contributed by atoms with van der Waals surface area (Å²) in [5, 5.41) is 1.16. The summed E-state index contributed by atoms with van der Waals surface area (Å²) in [5.74, 6) is 0. The third-order valence-corrected chi connectivity index (χ3v) is 3.56. The number of fused-ring (bicyclic) bond motifs is 3. The molecule has 0 unspecified atom stereocenters. The standard InChI is InChI=1S/C17H17N3.2C2H6/c1-5-13(6-2)15-10-20-16(19-15)8-7-14-11(3)9-12(4)18-17(14)20;2*1-2/h5-10H,1H2,2-4H3;2*1-2H3/b13-6+;;. The van der Waals surface area contributed by atoms with Crippen molar-refractivity contribution in [1.82, 2.24) is 14.4 Å². The van der Waals surface area contributed by atoms with E-state index in [1.165, 1.54) is 5.56 Å². The lowest BCUT2D eigenvalue weighted by Crippen LogP contribution is -1.94. The fourth-order valence-electron chi connectivity index (χ4n) is 2.57. The first kappa shape index (κ1) is 19.6. The molecule has 0 amide bonds. The molecule has 0 saturated heterocycles. The summed E-state index contributed by atoms with van der Waals surface area (Å²) in [6.07, 6.45) is 5.87. The molecule has 0 aromatic carbocycles. The average Bonchev–Trinajstić information content (AvgIpc) is 3.04. The largest absolute Gasteiger partial charge is 0.283 e. The smallest absolute Gasteiger partial charge is 0.146 e. The SMILES string of the molecule is C=C/C(=C\C)c1cn2c(ccc3c(C)cc(C)nc32)n1.CC.CC.